The molecule has 572 valence electrons. The molecule has 3 N–H and O–H groups in total. The van der Waals surface area contributed by atoms with Crippen molar-refractivity contribution in [2.24, 2.45) is 0 Å². The van der Waals surface area contributed by atoms with E-state index in [1.165, 1.54) is 119 Å². The summed E-state index contributed by atoms with van der Waals surface area (Å²) in [6.07, 6.45) is 12.3. The van der Waals surface area contributed by atoms with Crippen molar-refractivity contribution in [2.45, 2.75) is 71.1 Å². The molecule has 6 heterocycles. The molecule has 12 aromatic rings. The van der Waals surface area contributed by atoms with Crippen LogP contribution in [0.3, 0.4) is 0 Å². The van der Waals surface area contributed by atoms with E-state index in [2.05, 4.69) is 39.0 Å². The minimum absolute atomic E-state index is 0.108. The number of esters is 3. The molecule has 15 rings (SSSR count). The Hall–Kier alpha value is -10.7. The first kappa shape index (κ1) is 78.4. The number of likely N-dealkylation sites (tertiary alicyclic amines) is 3. The molecule has 0 bridgehead atoms. The van der Waals surface area contributed by atoms with Crippen LogP contribution in [0, 0.1) is 0 Å². The Bertz CT molecular complexity index is 5170. The van der Waals surface area contributed by atoms with E-state index in [9.17, 15) is 39.3 Å². The number of ether oxygens (including phenoxy) is 6. The van der Waals surface area contributed by atoms with Crippen LogP contribution in [0.2, 0.25) is 0 Å². The Balaban J connectivity index is 0.000000146. The highest BCUT2D eigenvalue weighted by atomic mass is 32.1. The van der Waals surface area contributed by atoms with E-state index in [1.54, 1.807) is 134 Å². The molecule has 3 saturated heterocycles. The zero-order valence-corrected chi connectivity index (χ0v) is 65.2. The first-order valence-electron chi connectivity index (χ1n) is 38.0. The summed E-state index contributed by atoms with van der Waals surface area (Å²) in [5.41, 5.74) is 8.76. The Kier molecular flexibility index (Phi) is 26.7. The van der Waals surface area contributed by atoms with Gasteiger partial charge in [-0.2, -0.15) is 0 Å². The molecule has 17 nitrogen and oxygen atoms in total. The quantitative estimate of drug-likeness (QED) is 0.0276. The third-order valence-electron chi connectivity index (χ3n) is 20.3. The van der Waals surface area contributed by atoms with E-state index in [-0.39, 0.29) is 34.8 Å². The molecule has 0 atom stereocenters. The normalized spacial score (nSPS) is 14.0. The number of piperidine rings is 3. The highest BCUT2D eigenvalue weighted by molar-refractivity contribution is 7.23. The van der Waals surface area contributed by atoms with Crippen LogP contribution in [0.25, 0.3) is 61.6 Å². The van der Waals surface area contributed by atoms with E-state index in [0.717, 1.165) is 131 Å². The number of carbonyl (C=O) groups excluding carboxylic acids is 5. The lowest BCUT2D eigenvalue weighted by atomic mass is 9.97. The van der Waals surface area contributed by atoms with E-state index >= 15 is 0 Å². The minimum Gasteiger partial charge on any atom is -0.508 e. The topological polar surface area (TPSA) is 211 Å². The van der Waals surface area contributed by atoms with Crippen molar-refractivity contribution < 1.29 is 67.7 Å². The lowest BCUT2D eigenvalue weighted by Gasteiger charge is -2.26. The van der Waals surface area contributed by atoms with Crippen LogP contribution in [0.5, 0.6) is 34.5 Å². The van der Waals surface area contributed by atoms with Crippen molar-refractivity contribution in [1.29, 1.82) is 0 Å². The number of thiophene rings is 3. The van der Waals surface area contributed by atoms with Crippen molar-refractivity contribution in [2.75, 3.05) is 99.5 Å². The van der Waals surface area contributed by atoms with Crippen molar-refractivity contribution in [3.05, 3.63) is 250 Å². The number of fused-ring (bicyclic) bond motifs is 3. The number of ketones is 2. The maximum absolute atomic E-state index is 13.9. The average Bonchev–Trinajstić information content (AvgIpc) is 1.64. The van der Waals surface area contributed by atoms with Gasteiger partial charge < -0.3 is 43.7 Å². The van der Waals surface area contributed by atoms with Crippen molar-refractivity contribution in [3.8, 4) is 65.8 Å². The number of benzene rings is 9. The number of hydrogen-bond donors (Lipinski definition) is 3. The van der Waals surface area contributed by atoms with E-state index < -0.39 is 11.9 Å². The molecule has 3 fully saturated rings. The SMILES string of the molecule is CCOC(=O)c1ccc2c(C(=O)c3ccc(OCCN4CCCCC4)cc3)c(-c3ccc(O)cc3)sc2c1.COC(=O)c1ccc2c(C(=O)c3ccc(OCCN4CCCCC4)cc3)c(-c3ccc(O)cc3)sc2c1.COC(=O)c1ccc2c(Cc3ccc(OCCN4CCCCC4)cc3)c(-c3ccc(O)cc3)sc2c1. The van der Waals surface area contributed by atoms with Gasteiger partial charge in [0.2, 0.25) is 0 Å². The van der Waals surface area contributed by atoms with Crippen LogP contribution in [0.4, 0.5) is 0 Å². The maximum atomic E-state index is 13.9. The van der Waals surface area contributed by atoms with Gasteiger partial charge in [0.05, 0.1) is 37.5 Å². The Labute approximate surface area is 658 Å². The zero-order valence-electron chi connectivity index (χ0n) is 62.7. The summed E-state index contributed by atoms with van der Waals surface area (Å²) >= 11 is 4.53. The summed E-state index contributed by atoms with van der Waals surface area (Å²) in [5.74, 6) is 1.55. The second kappa shape index (κ2) is 37.8. The molecular weight excluding hydrogens is 1460 g/mol. The number of phenolic OH excluding ortho intramolecular Hbond substituents is 3. The third-order valence-corrected chi connectivity index (χ3v) is 23.9. The largest absolute Gasteiger partial charge is 0.508 e. The molecule has 3 aromatic heterocycles. The highest BCUT2D eigenvalue weighted by Gasteiger charge is 2.27. The summed E-state index contributed by atoms with van der Waals surface area (Å²) in [5, 5.41) is 32.0. The van der Waals surface area contributed by atoms with Gasteiger partial charge in [-0.25, -0.2) is 14.4 Å². The maximum Gasteiger partial charge on any atom is 0.338 e. The molecule has 0 unspecified atom stereocenters. The zero-order chi connectivity index (χ0) is 77.2. The van der Waals surface area contributed by atoms with Crippen LogP contribution < -0.4 is 14.2 Å². The fraction of sp³-hybridized carbons (Fsp3) is 0.286. The highest BCUT2D eigenvalue weighted by Crippen LogP contribution is 2.45. The number of hydrogen-bond acceptors (Lipinski definition) is 20. The van der Waals surface area contributed by atoms with E-state index in [1.807, 2.05) is 60.7 Å². The van der Waals surface area contributed by atoms with Crippen LogP contribution in [0.15, 0.2) is 200 Å². The van der Waals surface area contributed by atoms with E-state index in [4.69, 9.17) is 28.4 Å². The molecule has 9 aromatic carbocycles. The van der Waals surface area contributed by atoms with Gasteiger partial charge in [0.15, 0.2) is 11.6 Å². The van der Waals surface area contributed by atoms with Crippen LogP contribution in [-0.2, 0) is 20.6 Å². The van der Waals surface area contributed by atoms with E-state index in [0.29, 0.717) is 65.4 Å². The molecule has 0 radical (unpaired) electrons. The number of rotatable bonds is 25. The monoisotopic (exact) mass is 1550 g/mol. The Morgan fingerprint density at radius 2 is 0.676 bits per heavy atom. The molecular formula is C91H91N3O14S3. The molecule has 3 aliphatic heterocycles. The first-order chi connectivity index (χ1) is 54.2. The first-order valence-corrected chi connectivity index (χ1v) is 40.5. The second-order valence-corrected chi connectivity index (χ2v) is 30.9. The second-order valence-electron chi connectivity index (χ2n) is 27.8. The fourth-order valence-corrected chi connectivity index (χ4v) is 18.1. The Morgan fingerprint density at radius 1 is 0.360 bits per heavy atom. The Morgan fingerprint density at radius 3 is 1.04 bits per heavy atom. The molecule has 111 heavy (non-hydrogen) atoms. The molecule has 20 heteroatoms. The number of methoxy groups -OCH3 is 2. The van der Waals surface area contributed by atoms with Gasteiger partial charge in [-0.3, -0.25) is 24.3 Å². The smallest absolute Gasteiger partial charge is 0.338 e. The molecule has 0 spiro atoms. The van der Waals surface area contributed by atoms with Gasteiger partial charge in [0, 0.05) is 81.4 Å². The molecule has 0 aliphatic carbocycles. The van der Waals surface area contributed by atoms with Crippen LogP contribution >= 0.6 is 34.0 Å². The van der Waals surface area contributed by atoms with Crippen molar-refractivity contribution in [3.63, 3.8) is 0 Å². The molecule has 3 aliphatic rings. The van der Waals surface area contributed by atoms with Gasteiger partial charge in [-0.05, 0) is 294 Å². The number of nitrogens with zero attached hydrogens (tertiary/aromatic N) is 3. The predicted octanol–water partition coefficient (Wildman–Crippen LogP) is 19.2. The number of carbonyl (C=O) groups is 5. The lowest BCUT2D eigenvalue weighted by molar-refractivity contribution is 0.0524. The van der Waals surface area contributed by atoms with Crippen LogP contribution in [-0.4, -0.2) is 159 Å². The van der Waals surface area contributed by atoms with Gasteiger partial charge in [-0.15, -0.1) is 34.0 Å². The fourth-order valence-electron chi connectivity index (χ4n) is 14.3. The standard InChI is InChI=1S/C31H31NO5S.C30H29NO5S.C30H31NO4S/c1-2-36-31(35)23-10-15-26-27(20-23)38-30(22-6-11-24(33)12-7-22)28(26)29(34)21-8-13-25(14-9-21)37-19-18-32-16-4-3-5-17-32;1-35-30(34)22-9-14-25-26(19-22)37-29(21-5-10-23(32)11-6-21)27(25)28(33)20-7-12-24(13-8-20)36-18-17-31-15-3-2-4-16-31;1-34-30(33)23-9-14-26-27(29(36-28(26)20-23)22-7-10-24(32)11-8-22)19-21-5-12-25(13-6-21)35-18-17-31-15-3-2-4-16-31/h6-15,20,33H,2-5,16-19H2,1H3;5-14,19,32H,2-4,15-18H2,1H3;5-14,20,32H,2-4,15-19H2,1H3. The van der Waals surface area contributed by atoms with Gasteiger partial charge in [0.25, 0.3) is 0 Å². The summed E-state index contributed by atoms with van der Waals surface area (Å²) in [6, 6.07) is 60.0. The van der Waals surface area contributed by atoms with Crippen molar-refractivity contribution >= 4 is 93.7 Å². The third kappa shape index (κ3) is 19.9. The van der Waals surface area contributed by atoms with Crippen LogP contribution in [0.1, 0.15) is 139 Å². The van der Waals surface area contributed by atoms with Gasteiger partial charge >= 0.3 is 17.9 Å². The molecule has 0 saturated carbocycles. The van der Waals surface area contributed by atoms with Gasteiger partial charge in [0.1, 0.15) is 54.3 Å². The number of phenols is 3. The predicted molar refractivity (Wildman–Crippen MR) is 442 cm³/mol. The minimum atomic E-state index is -0.426. The summed E-state index contributed by atoms with van der Waals surface area (Å²) < 4.78 is 35.5. The average molecular weight is 1550 g/mol. The number of aromatic hydroxyl groups is 3. The lowest BCUT2D eigenvalue weighted by Crippen LogP contribution is -2.33. The molecule has 0 amide bonds. The summed E-state index contributed by atoms with van der Waals surface area (Å²) in [6.45, 7) is 13.7. The van der Waals surface area contributed by atoms with Crippen molar-refractivity contribution in [1.82, 2.24) is 14.7 Å². The summed E-state index contributed by atoms with van der Waals surface area (Å²) in [4.78, 5) is 74.2. The van der Waals surface area contributed by atoms with Gasteiger partial charge in [-0.1, -0.05) is 49.6 Å². The summed E-state index contributed by atoms with van der Waals surface area (Å²) in [7, 11) is 2.74.